The second-order valence-corrected chi connectivity index (χ2v) is 5.57. The summed E-state index contributed by atoms with van der Waals surface area (Å²) < 4.78 is 5.24. The summed E-state index contributed by atoms with van der Waals surface area (Å²) in [5, 5.41) is 9.49. The van der Waals surface area contributed by atoms with Gasteiger partial charge in [-0.05, 0) is 44.9 Å². The molecule has 0 aromatic carbocycles. The maximum Gasteiger partial charge on any atom is 0.309 e. The molecule has 1 aliphatic carbocycles. The zero-order chi connectivity index (χ0) is 12.9. The Morgan fingerprint density at radius 1 is 1.47 bits per heavy atom. The molecule has 0 aliphatic heterocycles. The zero-order valence-electron chi connectivity index (χ0n) is 11.4. The van der Waals surface area contributed by atoms with Gasteiger partial charge in [0.2, 0.25) is 0 Å². The minimum Gasteiger partial charge on any atom is -0.481 e. The predicted molar refractivity (Wildman–Crippen MR) is 68.0 cm³/mol. The Labute approximate surface area is 105 Å². The second kappa shape index (κ2) is 6.39. The van der Waals surface area contributed by atoms with Gasteiger partial charge < -0.3 is 9.84 Å². The molecule has 0 bridgehead atoms. The van der Waals surface area contributed by atoms with Crippen molar-refractivity contribution in [2.75, 3.05) is 7.11 Å². The highest BCUT2D eigenvalue weighted by Gasteiger charge is 2.42. The van der Waals surface area contributed by atoms with E-state index in [4.69, 9.17) is 4.74 Å². The van der Waals surface area contributed by atoms with Crippen molar-refractivity contribution in [3.05, 3.63) is 0 Å². The van der Waals surface area contributed by atoms with Crippen molar-refractivity contribution in [1.82, 2.24) is 0 Å². The van der Waals surface area contributed by atoms with Crippen LogP contribution in [0, 0.1) is 11.3 Å². The van der Waals surface area contributed by atoms with Crippen LogP contribution in [0.4, 0.5) is 0 Å². The fourth-order valence-corrected chi connectivity index (χ4v) is 3.07. The summed E-state index contributed by atoms with van der Waals surface area (Å²) in [6.07, 6.45) is 6.91. The standard InChI is InChI=1S/C14H26O3/c1-4-5-12-6-8-14(9-7-12,13(15)16)10-11(2)17-3/h11-12H,4-10H2,1-3H3,(H,15,16). The van der Waals surface area contributed by atoms with E-state index in [1.165, 1.54) is 12.8 Å². The van der Waals surface area contributed by atoms with Crippen LogP contribution in [0.25, 0.3) is 0 Å². The lowest BCUT2D eigenvalue weighted by Gasteiger charge is -2.38. The molecule has 1 unspecified atom stereocenters. The minimum absolute atomic E-state index is 0.0359. The van der Waals surface area contributed by atoms with Crippen molar-refractivity contribution in [3.8, 4) is 0 Å². The summed E-state index contributed by atoms with van der Waals surface area (Å²) in [6, 6.07) is 0. The maximum absolute atomic E-state index is 11.5. The molecular formula is C14H26O3. The largest absolute Gasteiger partial charge is 0.481 e. The number of aliphatic carboxylic acids is 1. The van der Waals surface area contributed by atoms with Crippen molar-refractivity contribution in [1.29, 1.82) is 0 Å². The van der Waals surface area contributed by atoms with E-state index >= 15 is 0 Å². The zero-order valence-corrected chi connectivity index (χ0v) is 11.4. The van der Waals surface area contributed by atoms with Crippen LogP contribution >= 0.6 is 0 Å². The van der Waals surface area contributed by atoms with E-state index in [0.717, 1.165) is 31.6 Å². The third-order valence-electron chi connectivity index (χ3n) is 4.29. The van der Waals surface area contributed by atoms with Crippen LogP contribution in [0.15, 0.2) is 0 Å². The molecule has 0 spiro atoms. The third kappa shape index (κ3) is 3.70. The number of carbonyl (C=O) groups is 1. The molecule has 17 heavy (non-hydrogen) atoms. The monoisotopic (exact) mass is 242 g/mol. The van der Waals surface area contributed by atoms with E-state index in [0.29, 0.717) is 6.42 Å². The van der Waals surface area contributed by atoms with Gasteiger partial charge in [0.1, 0.15) is 0 Å². The van der Waals surface area contributed by atoms with Crippen LogP contribution < -0.4 is 0 Å². The molecule has 1 fully saturated rings. The summed E-state index contributed by atoms with van der Waals surface area (Å²) in [6.45, 7) is 4.16. The number of methoxy groups -OCH3 is 1. The molecule has 1 rings (SSSR count). The fraction of sp³-hybridized carbons (Fsp3) is 0.929. The minimum atomic E-state index is -0.628. The normalized spacial score (nSPS) is 31.1. The molecule has 0 amide bonds. The van der Waals surface area contributed by atoms with E-state index < -0.39 is 11.4 Å². The maximum atomic E-state index is 11.5. The molecule has 0 saturated heterocycles. The molecule has 1 atom stereocenters. The molecule has 1 N–H and O–H groups in total. The van der Waals surface area contributed by atoms with Crippen molar-refractivity contribution in [2.24, 2.45) is 11.3 Å². The van der Waals surface area contributed by atoms with Gasteiger partial charge in [-0.1, -0.05) is 19.8 Å². The number of hydrogen-bond acceptors (Lipinski definition) is 2. The topological polar surface area (TPSA) is 46.5 Å². The van der Waals surface area contributed by atoms with Crippen LogP contribution in [0.2, 0.25) is 0 Å². The fourth-order valence-electron chi connectivity index (χ4n) is 3.07. The van der Waals surface area contributed by atoms with E-state index in [1.54, 1.807) is 7.11 Å². The van der Waals surface area contributed by atoms with Gasteiger partial charge in [-0.25, -0.2) is 0 Å². The van der Waals surface area contributed by atoms with Gasteiger partial charge in [-0.2, -0.15) is 0 Å². The lowest BCUT2D eigenvalue weighted by Crippen LogP contribution is -2.38. The first kappa shape index (κ1) is 14.5. The molecular weight excluding hydrogens is 216 g/mol. The van der Waals surface area contributed by atoms with E-state index in [-0.39, 0.29) is 6.10 Å². The molecule has 1 saturated carbocycles. The van der Waals surface area contributed by atoms with Crippen LogP contribution in [0.5, 0.6) is 0 Å². The number of hydrogen-bond donors (Lipinski definition) is 1. The Balaban J connectivity index is 2.60. The van der Waals surface area contributed by atoms with Gasteiger partial charge in [-0.15, -0.1) is 0 Å². The van der Waals surface area contributed by atoms with E-state index in [2.05, 4.69) is 6.92 Å². The summed E-state index contributed by atoms with van der Waals surface area (Å²) in [4.78, 5) is 11.5. The Morgan fingerprint density at radius 3 is 2.47 bits per heavy atom. The average Bonchev–Trinajstić information content (AvgIpc) is 2.31. The molecule has 0 aromatic heterocycles. The van der Waals surface area contributed by atoms with Gasteiger partial charge in [-0.3, -0.25) is 4.79 Å². The predicted octanol–water partition coefficient (Wildman–Crippen LogP) is 3.47. The molecule has 100 valence electrons. The van der Waals surface area contributed by atoms with Crippen molar-refractivity contribution >= 4 is 5.97 Å². The first-order chi connectivity index (χ1) is 8.04. The first-order valence-corrected chi connectivity index (χ1v) is 6.80. The molecule has 0 aromatic rings. The number of carboxylic acids is 1. The van der Waals surface area contributed by atoms with Crippen molar-refractivity contribution < 1.29 is 14.6 Å². The van der Waals surface area contributed by atoms with Crippen molar-refractivity contribution in [3.63, 3.8) is 0 Å². The van der Waals surface area contributed by atoms with Crippen LogP contribution in [-0.2, 0) is 9.53 Å². The van der Waals surface area contributed by atoms with E-state index in [9.17, 15) is 9.90 Å². The quantitative estimate of drug-likeness (QED) is 0.775. The lowest BCUT2D eigenvalue weighted by molar-refractivity contribution is -0.154. The number of rotatable bonds is 6. The molecule has 3 heteroatoms. The molecule has 0 radical (unpaired) electrons. The Bertz CT molecular complexity index is 242. The van der Waals surface area contributed by atoms with Crippen LogP contribution in [0.3, 0.4) is 0 Å². The average molecular weight is 242 g/mol. The van der Waals surface area contributed by atoms with Gasteiger partial charge in [0.05, 0.1) is 11.5 Å². The highest BCUT2D eigenvalue weighted by atomic mass is 16.5. The summed E-state index contributed by atoms with van der Waals surface area (Å²) >= 11 is 0. The third-order valence-corrected chi connectivity index (χ3v) is 4.29. The van der Waals surface area contributed by atoms with Gasteiger partial charge in [0.15, 0.2) is 0 Å². The number of carboxylic acid groups (broad SMARTS) is 1. The van der Waals surface area contributed by atoms with Crippen molar-refractivity contribution in [2.45, 2.75) is 64.9 Å². The summed E-state index contributed by atoms with van der Waals surface area (Å²) in [7, 11) is 1.66. The Morgan fingerprint density at radius 2 is 2.06 bits per heavy atom. The van der Waals surface area contributed by atoms with Gasteiger partial charge in [0, 0.05) is 7.11 Å². The highest BCUT2D eigenvalue weighted by Crippen LogP contribution is 2.44. The lowest BCUT2D eigenvalue weighted by atomic mass is 9.67. The smallest absolute Gasteiger partial charge is 0.309 e. The van der Waals surface area contributed by atoms with Gasteiger partial charge in [0.25, 0.3) is 0 Å². The van der Waals surface area contributed by atoms with Crippen LogP contribution in [-0.4, -0.2) is 24.3 Å². The highest BCUT2D eigenvalue weighted by molar-refractivity contribution is 5.74. The summed E-state index contributed by atoms with van der Waals surface area (Å²) in [5.74, 6) is 0.113. The van der Waals surface area contributed by atoms with E-state index in [1.807, 2.05) is 6.92 Å². The molecule has 0 heterocycles. The first-order valence-electron chi connectivity index (χ1n) is 6.80. The Hall–Kier alpha value is -0.570. The second-order valence-electron chi connectivity index (χ2n) is 5.57. The Kier molecular flexibility index (Phi) is 5.44. The van der Waals surface area contributed by atoms with Gasteiger partial charge >= 0.3 is 5.97 Å². The summed E-state index contributed by atoms with van der Waals surface area (Å²) in [5.41, 5.74) is -0.528. The van der Waals surface area contributed by atoms with Crippen LogP contribution in [0.1, 0.15) is 58.8 Å². The molecule has 3 nitrogen and oxygen atoms in total. The number of ether oxygens (including phenoxy) is 1. The molecule has 1 aliphatic rings. The SMILES string of the molecule is CCCC1CCC(CC(C)OC)(C(=O)O)CC1.